The van der Waals surface area contributed by atoms with Gasteiger partial charge in [0.2, 0.25) is 11.8 Å². The fourth-order valence-corrected chi connectivity index (χ4v) is 3.16. The van der Waals surface area contributed by atoms with Crippen molar-refractivity contribution in [2.24, 2.45) is 0 Å². The standard InChI is InChI=1S/C21H24FN3O2/c22-18-8-6-17(7-9-18)10-11-23-20(26)16-21(27)25-14-12-24(13-15-25)19-4-2-1-3-5-19/h1-9H,10-16H2,(H,23,26). The minimum absolute atomic E-state index is 0.130. The number of benzene rings is 2. The number of nitrogens with one attached hydrogen (secondary N) is 1. The number of carbonyl (C=O) groups is 2. The summed E-state index contributed by atoms with van der Waals surface area (Å²) in [4.78, 5) is 28.3. The minimum atomic E-state index is -0.277. The zero-order valence-corrected chi connectivity index (χ0v) is 15.2. The van der Waals surface area contributed by atoms with Crippen molar-refractivity contribution >= 4 is 17.5 Å². The second-order valence-corrected chi connectivity index (χ2v) is 6.61. The molecule has 0 aliphatic carbocycles. The highest BCUT2D eigenvalue weighted by molar-refractivity contribution is 5.97. The lowest BCUT2D eigenvalue weighted by Crippen LogP contribution is -2.49. The number of carbonyl (C=O) groups excluding carboxylic acids is 2. The van der Waals surface area contributed by atoms with Crippen LogP contribution in [-0.4, -0.2) is 49.4 Å². The molecule has 1 aliphatic rings. The maximum absolute atomic E-state index is 12.9. The molecule has 0 saturated carbocycles. The quantitative estimate of drug-likeness (QED) is 0.795. The molecule has 1 saturated heterocycles. The van der Waals surface area contributed by atoms with Gasteiger partial charge < -0.3 is 15.1 Å². The summed E-state index contributed by atoms with van der Waals surface area (Å²) in [6.07, 6.45) is 0.477. The average Bonchev–Trinajstić information content (AvgIpc) is 2.70. The van der Waals surface area contributed by atoms with E-state index in [1.54, 1.807) is 17.0 Å². The molecule has 27 heavy (non-hydrogen) atoms. The Morgan fingerprint density at radius 2 is 1.59 bits per heavy atom. The van der Waals surface area contributed by atoms with Gasteiger partial charge in [-0.3, -0.25) is 9.59 Å². The zero-order valence-electron chi connectivity index (χ0n) is 15.2. The second kappa shape index (κ2) is 9.16. The Kier molecular flexibility index (Phi) is 6.41. The molecular weight excluding hydrogens is 345 g/mol. The summed E-state index contributed by atoms with van der Waals surface area (Å²) in [6, 6.07) is 16.3. The molecule has 0 aromatic heterocycles. The van der Waals surface area contributed by atoms with Gasteiger partial charge in [-0.2, -0.15) is 0 Å². The largest absolute Gasteiger partial charge is 0.368 e. The average molecular weight is 369 g/mol. The third kappa shape index (κ3) is 5.54. The molecule has 1 heterocycles. The number of hydrogen-bond donors (Lipinski definition) is 1. The van der Waals surface area contributed by atoms with E-state index < -0.39 is 0 Å². The maximum atomic E-state index is 12.9. The fourth-order valence-electron chi connectivity index (χ4n) is 3.16. The number of amides is 2. The summed E-state index contributed by atoms with van der Waals surface area (Å²) in [6.45, 7) is 3.20. The van der Waals surface area contributed by atoms with Gasteiger partial charge in [0.25, 0.3) is 0 Å². The molecule has 1 aliphatic heterocycles. The highest BCUT2D eigenvalue weighted by atomic mass is 19.1. The van der Waals surface area contributed by atoms with Crippen LogP contribution in [0.1, 0.15) is 12.0 Å². The van der Waals surface area contributed by atoms with E-state index in [0.717, 1.165) is 24.3 Å². The van der Waals surface area contributed by atoms with Crippen LogP contribution >= 0.6 is 0 Å². The van der Waals surface area contributed by atoms with Crippen molar-refractivity contribution in [1.82, 2.24) is 10.2 Å². The molecule has 2 aromatic rings. The molecule has 0 spiro atoms. The molecule has 1 N–H and O–H groups in total. The molecule has 0 unspecified atom stereocenters. The normalized spacial score (nSPS) is 14.1. The van der Waals surface area contributed by atoms with Crippen LogP contribution in [0.25, 0.3) is 0 Å². The summed E-state index contributed by atoms with van der Waals surface area (Å²) < 4.78 is 12.9. The van der Waals surface area contributed by atoms with E-state index in [0.29, 0.717) is 26.1 Å². The molecule has 1 fully saturated rings. The predicted molar refractivity (Wildman–Crippen MR) is 103 cm³/mol. The predicted octanol–water partition coefficient (Wildman–Crippen LogP) is 2.22. The van der Waals surface area contributed by atoms with Crippen molar-refractivity contribution in [1.29, 1.82) is 0 Å². The Hall–Kier alpha value is -2.89. The molecule has 0 radical (unpaired) electrons. The van der Waals surface area contributed by atoms with E-state index >= 15 is 0 Å². The fraction of sp³-hybridized carbons (Fsp3) is 0.333. The number of anilines is 1. The lowest BCUT2D eigenvalue weighted by Gasteiger charge is -2.36. The van der Waals surface area contributed by atoms with Crippen LogP contribution in [0, 0.1) is 5.82 Å². The van der Waals surface area contributed by atoms with Gasteiger partial charge in [-0.25, -0.2) is 4.39 Å². The molecule has 2 amide bonds. The van der Waals surface area contributed by atoms with Crippen molar-refractivity contribution in [3.63, 3.8) is 0 Å². The van der Waals surface area contributed by atoms with E-state index in [1.165, 1.54) is 12.1 Å². The lowest BCUT2D eigenvalue weighted by atomic mass is 10.1. The number of hydrogen-bond acceptors (Lipinski definition) is 3. The molecule has 6 heteroatoms. The van der Waals surface area contributed by atoms with Crippen LogP contribution in [0.3, 0.4) is 0 Å². The first-order chi connectivity index (χ1) is 13.1. The lowest BCUT2D eigenvalue weighted by molar-refractivity contribution is -0.136. The van der Waals surface area contributed by atoms with Gasteiger partial charge in [0.15, 0.2) is 0 Å². The third-order valence-electron chi connectivity index (χ3n) is 4.71. The minimum Gasteiger partial charge on any atom is -0.368 e. The number of para-hydroxylation sites is 1. The Labute approximate surface area is 158 Å². The molecule has 0 bridgehead atoms. The number of piperazine rings is 1. The van der Waals surface area contributed by atoms with Crippen LogP contribution in [0.15, 0.2) is 54.6 Å². The van der Waals surface area contributed by atoms with Crippen molar-refractivity contribution in [3.8, 4) is 0 Å². The van der Waals surface area contributed by atoms with E-state index in [4.69, 9.17) is 0 Å². The van der Waals surface area contributed by atoms with E-state index in [9.17, 15) is 14.0 Å². The van der Waals surface area contributed by atoms with E-state index in [2.05, 4.69) is 22.3 Å². The first-order valence-electron chi connectivity index (χ1n) is 9.21. The van der Waals surface area contributed by atoms with Crippen molar-refractivity contribution in [3.05, 3.63) is 66.0 Å². The van der Waals surface area contributed by atoms with Crippen LogP contribution < -0.4 is 10.2 Å². The molecule has 2 aromatic carbocycles. The molecule has 5 nitrogen and oxygen atoms in total. The van der Waals surface area contributed by atoms with Crippen molar-refractivity contribution < 1.29 is 14.0 Å². The van der Waals surface area contributed by atoms with Gasteiger partial charge in [-0.1, -0.05) is 30.3 Å². The Morgan fingerprint density at radius 1 is 0.926 bits per heavy atom. The van der Waals surface area contributed by atoms with Crippen molar-refractivity contribution in [2.45, 2.75) is 12.8 Å². The highest BCUT2D eigenvalue weighted by Crippen LogP contribution is 2.15. The topological polar surface area (TPSA) is 52.7 Å². The third-order valence-corrected chi connectivity index (χ3v) is 4.71. The Morgan fingerprint density at radius 3 is 2.26 bits per heavy atom. The van der Waals surface area contributed by atoms with Crippen LogP contribution in [0.5, 0.6) is 0 Å². The molecular formula is C21H24FN3O2. The van der Waals surface area contributed by atoms with Gasteiger partial charge in [-0.15, -0.1) is 0 Å². The Balaban J connectivity index is 1.37. The first kappa shape index (κ1) is 18.9. The zero-order chi connectivity index (χ0) is 19.1. The van der Waals surface area contributed by atoms with Gasteiger partial charge in [-0.05, 0) is 36.2 Å². The SMILES string of the molecule is O=C(CC(=O)N1CCN(c2ccccc2)CC1)NCCc1ccc(F)cc1. The second-order valence-electron chi connectivity index (χ2n) is 6.61. The van der Waals surface area contributed by atoms with E-state index in [-0.39, 0.29) is 24.1 Å². The summed E-state index contributed by atoms with van der Waals surface area (Å²) in [5.41, 5.74) is 2.10. The summed E-state index contributed by atoms with van der Waals surface area (Å²) >= 11 is 0. The number of halogens is 1. The summed E-state index contributed by atoms with van der Waals surface area (Å²) in [7, 11) is 0. The van der Waals surface area contributed by atoms with Crippen LogP contribution in [0.4, 0.5) is 10.1 Å². The highest BCUT2D eigenvalue weighted by Gasteiger charge is 2.22. The van der Waals surface area contributed by atoms with Crippen LogP contribution in [-0.2, 0) is 16.0 Å². The van der Waals surface area contributed by atoms with E-state index in [1.807, 2.05) is 18.2 Å². The maximum Gasteiger partial charge on any atom is 0.232 e. The molecule has 3 rings (SSSR count). The van der Waals surface area contributed by atoms with Crippen LogP contribution in [0.2, 0.25) is 0 Å². The summed E-state index contributed by atoms with van der Waals surface area (Å²) in [5.74, 6) is -0.685. The first-order valence-corrected chi connectivity index (χ1v) is 9.21. The Bertz CT molecular complexity index is 757. The van der Waals surface area contributed by atoms with Gasteiger partial charge in [0.05, 0.1) is 0 Å². The van der Waals surface area contributed by atoms with Gasteiger partial charge >= 0.3 is 0 Å². The summed E-state index contributed by atoms with van der Waals surface area (Å²) in [5, 5.41) is 2.76. The van der Waals surface area contributed by atoms with Gasteiger partial charge in [0, 0.05) is 38.4 Å². The molecule has 142 valence electrons. The number of rotatable bonds is 6. The van der Waals surface area contributed by atoms with Crippen molar-refractivity contribution in [2.75, 3.05) is 37.6 Å². The monoisotopic (exact) mass is 369 g/mol. The van der Waals surface area contributed by atoms with Gasteiger partial charge in [0.1, 0.15) is 12.2 Å². The smallest absolute Gasteiger partial charge is 0.232 e. The molecule has 0 atom stereocenters. The number of nitrogens with zero attached hydrogens (tertiary/aromatic N) is 2.